The molecule has 0 atom stereocenters. The van der Waals surface area contributed by atoms with Crippen LogP contribution in [0.3, 0.4) is 0 Å². The quantitative estimate of drug-likeness (QED) is 0.682. The van der Waals surface area contributed by atoms with Crippen LogP contribution in [-0.4, -0.2) is 0 Å². The summed E-state index contributed by atoms with van der Waals surface area (Å²) in [7, 11) is 0. The monoisotopic (exact) mass is 276 g/mol. The second-order valence-electron chi connectivity index (χ2n) is 4.55. The van der Waals surface area contributed by atoms with E-state index in [-0.39, 0.29) is 0 Å². The number of nitrogens with one attached hydrogen (secondary N) is 2. The SMILES string of the molecule is C=C/C=C(\C=C/C)Nc1ccc(Nc2ccccc2)cc1. The molecule has 106 valence electrons. The fraction of sp³-hybridized carbons (Fsp3) is 0.0526. The molecule has 0 spiro atoms. The van der Waals surface area contributed by atoms with Crippen LogP contribution in [0.4, 0.5) is 17.1 Å². The maximum atomic E-state index is 3.73. The summed E-state index contributed by atoms with van der Waals surface area (Å²) in [4.78, 5) is 0. The van der Waals surface area contributed by atoms with Gasteiger partial charge in [0.1, 0.15) is 0 Å². The maximum absolute atomic E-state index is 3.73. The number of anilines is 3. The van der Waals surface area contributed by atoms with Crippen molar-refractivity contribution >= 4 is 17.1 Å². The van der Waals surface area contributed by atoms with E-state index < -0.39 is 0 Å². The Morgan fingerprint density at radius 1 is 0.905 bits per heavy atom. The molecule has 0 aliphatic rings. The minimum Gasteiger partial charge on any atom is -0.356 e. The molecule has 0 aliphatic carbocycles. The van der Waals surface area contributed by atoms with Crippen molar-refractivity contribution in [2.45, 2.75) is 6.92 Å². The Balaban J connectivity index is 2.05. The normalized spacial score (nSPS) is 11.4. The van der Waals surface area contributed by atoms with Crippen molar-refractivity contribution < 1.29 is 0 Å². The molecule has 2 nitrogen and oxygen atoms in total. The summed E-state index contributed by atoms with van der Waals surface area (Å²) in [6.07, 6.45) is 7.72. The lowest BCUT2D eigenvalue weighted by molar-refractivity contribution is 1.45. The first kappa shape index (κ1) is 14.7. The standard InChI is InChI=1S/C19H20N2/c1-3-8-16(9-4-2)20-18-12-14-19(15-13-18)21-17-10-6-5-7-11-17/h3-15,20-21H,1H2,2H3/b9-4-,16-8+. The summed E-state index contributed by atoms with van der Waals surface area (Å²) in [5.74, 6) is 0. The molecule has 0 aromatic heterocycles. The fourth-order valence-corrected chi connectivity index (χ4v) is 1.94. The zero-order valence-corrected chi connectivity index (χ0v) is 12.2. The van der Waals surface area contributed by atoms with Crippen molar-refractivity contribution in [1.29, 1.82) is 0 Å². The number of hydrogen-bond acceptors (Lipinski definition) is 2. The summed E-state index contributed by atoms with van der Waals surface area (Å²) >= 11 is 0. The Labute approximate surface area is 126 Å². The van der Waals surface area contributed by atoms with Crippen molar-refractivity contribution in [2.24, 2.45) is 0 Å². The number of para-hydroxylation sites is 1. The van der Waals surface area contributed by atoms with Gasteiger partial charge in [-0.25, -0.2) is 0 Å². The van der Waals surface area contributed by atoms with Gasteiger partial charge in [-0.1, -0.05) is 36.9 Å². The number of rotatable bonds is 6. The first-order valence-electron chi connectivity index (χ1n) is 6.96. The summed E-state index contributed by atoms with van der Waals surface area (Å²) in [6.45, 7) is 5.72. The Hall–Kier alpha value is -2.74. The van der Waals surface area contributed by atoms with Gasteiger partial charge >= 0.3 is 0 Å². The van der Waals surface area contributed by atoms with E-state index in [1.54, 1.807) is 6.08 Å². The Kier molecular flexibility index (Phi) is 5.41. The van der Waals surface area contributed by atoms with Crippen LogP contribution in [0.25, 0.3) is 0 Å². The van der Waals surface area contributed by atoms with Gasteiger partial charge in [0.25, 0.3) is 0 Å². The molecule has 0 heterocycles. The van der Waals surface area contributed by atoms with Crippen molar-refractivity contribution in [3.05, 3.63) is 91.2 Å². The summed E-state index contributed by atoms with van der Waals surface area (Å²) in [6, 6.07) is 18.3. The first-order chi connectivity index (χ1) is 10.3. The van der Waals surface area contributed by atoms with Crippen molar-refractivity contribution in [2.75, 3.05) is 10.6 Å². The predicted octanol–water partition coefficient (Wildman–Crippen LogP) is 5.49. The smallest absolute Gasteiger partial charge is 0.0385 e. The van der Waals surface area contributed by atoms with Crippen LogP contribution >= 0.6 is 0 Å². The van der Waals surface area contributed by atoms with Crippen LogP contribution in [-0.2, 0) is 0 Å². The third-order valence-electron chi connectivity index (χ3n) is 2.88. The number of hydrogen-bond donors (Lipinski definition) is 2. The minimum absolute atomic E-state index is 1.01. The molecule has 0 aliphatic heterocycles. The average molecular weight is 276 g/mol. The molecular weight excluding hydrogens is 256 g/mol. The third-order valence-corrected chi connectivity index (χ3v) is 2.88. The van der Waals surface area contributed by atoms with E-state index in [1.165, 1.54) is 0 Å². The van der Waals surface area contributed by atoms with Gasteiger partial charge < -0.3 is 10.6 Å². The highest BCUT2D eigenvalue weighted by molar-refractivity contribution is 5.63. The van der Waals surface area contributed by atoms with Gasteiger partial charge in [-0.15, -0.1) is 0 Å². The molecule has 0 radical (unpaired) electrons. The zero-order chi connectivity index (χ0) is 14.9. The maximum Gasteiger partial charge on any atom is 0.0385 e. The van der Waals surface area contributed by atoms with Gasteiger partial charge in [0.2, 0.25) is 0 Å². The van der Waals surface area contributed by atoms with E-state index in [0.29, 0.717) is 0 Å². The van der Waals surface area contributed by atoms with Crippen molar-refractivity contribution in [3.63, 3.8) is 0 Å². The molecule has 0 unspecified atom stereocenters. The van der Waals surface area contributed by atoms with Gasteiger partial charge in [-0.2, -0.15) is 0 Å². The molecule has 2 aromatic rings. The van der Waals surface area contributed by atoms with Crippen molar-refractivity contribution in [1.82, 2.24) is 0 Å². The molecule has 2 aromatic carbocycles. The van der Waals surface area contributed by atoms with E-state index in [2.05, 4.69) is 29.3 Å². The van der Waals surface area contributed by atoms with Gasteiger partial charge in [0, 0.05) is 22.8 Å². The van der Waals surface area contributed by atoms with Crippen molar-refractivity contribution in [3.8, 4) is 0 Å². The molecule has 2 rings (SSSR count). The molecule has 2 N–H and O–H groups in total. The van der Waals surface area contributed by atoms with Crippen LogP contribution < -0.4 is 10.6 Å². The van der Waals surface area contributed by atoms with Crippen LogP contribution in [0, 0.1) is 0 Å². The molecular formula is C19H20N2. The lowest BCUT2D eigenvalue weighted by atomic mass is 10.2. The van der Waals surface area contributed by atoms with E-state index >= 15 is 0 Å². The Morgan fingerprint density at radius 2 is 1.52 bits per heavy atom. The predicted molar refractivity (Wildman–Crippen MR) is 92.9 cm³/mol. The van der Waals surface area contributed by atoms with Crippen LogP contribution in [0.1, 0.15) is 6.92 Å². The van der Waals surface area contributed by atoms with Crippen LogP contribution in [0.2, 0.25) is 0 Å². The highest BCUT2D eigenvalue weighted by Crippen LogP contribution is 2.19. The number of allylic oxidation sites excluding steroid dienone is 4. The minimum atomic E-state index is 1.01. The zero-order valence-electron chi connectivity index (χ0n) is 12.2. The first-order valence-corrected chi connectivity index (χ1v) is 6.96. The number of benzene rings is 2. The van der Waals surface area contributed by atoms with Crippen LogP contribution in [0.5, 0.6) is 0 Å². The van der Waals surface area contributed by atoms with E-state index in [1.807, 2.05) is 67.6 Å². The summed E-state index contributed by atoms with van der Waals surface area (Å²) in [5.41, 5.74) is 4.20. The molecule has 2 heteroatoms. The lowest BCUT2D eigenvalue weighted by Gasteiger charge is -2.10. The Morgan fingerprint density at radius 3 is 2.14 bits per heavy atom. The van der Waals surface area contributed by atoms with E-state index in [4.69, 9.17) is 0 Å². The van der Waals surface area contributed by atoms with Gasteiger partial charge in [-0.05, 0) is 55.5 Å². The highest BCUT2D eigenvalue weighted by atomic mass is 14.9. The molecule has 0 saturated heterocycles. The second-order valence-corrected chi connectivity index (χ2v) is 4.55. The van der Waals surface area contributed by atoms with E-state index in [9.17, 15) is 0 Å². The third kappa shape index (κ3) is 4.69. The van der Waals surface area contributed by atoms with E-state index in [0.717, 1.165) is 22.8 Å². The van der Waals surface area contributed by atoms with Crippen LogP contribution in [0.15, 0.2) is 91.2 Å². The molecule has 0 bridgehead atoms. The second kappa shape index (κ2) is 7.75. The fourth-order valence-electron chi connectivity index (χ4n) is 1.94. The Bertz CT molecular complexity index is 622. The average Bonchev–Trinajstić information content (AvgIpc) is 2.51. The molecule has 21 heavy (non-hydrogen) atoms. The topological polar surface area (TPSA) is 24.1 Å². The summed E-state index contributed by atoms with van der Waals surface area (Å²) < 4.78 is 0. The molecule has 0 saturated carbocycles. The van der Waals surface area contributed by atoms with Gasteiger partial charge in [-0.3, -0.25) is 0 Å². The summed E-state index contributed by atoms with van der Waals surface area (Å²) in [5, 5.41) is 6.71. The molecule has 0 amide bonds. The molecule has 0 fully saturated rings. The van der Waals surface area contributed by atoms with Gasteiger partial charge in [0.15, 0.2) is 0 Å². The van der Waals surface area contributed by atoms with Gasteiger partial charge in [0.05, 0.1) is 0 Å². The largest absolute Gasteiger partial charge is 0.356 e. The lowest BCUT2D eigenvalue weighted by Crippen LogP contribution is -1.97. The highest BCUT2D eigenvalue weighted by Gasteiger charge is 1.96.